The van der Waals surface area contributed by atoms with Crippen LogP contribution in [0, 0.1) is 5.41 Å². The maximum absolute atomic E-state index is 12.9. The maximum atomic E-state index is 12.9. The van der Waals surface area contributed by atoms with E-state index in [1.165, 1.54) is 51.9 Å². The van der Waals surface area contributed by atoms with Crippen LogP contribution in [0.1, 0.15) is 92.7 Å². The van der Waals surface area contributed by atoms with Gasteiger partial charge in [0, 0.05) is 40.7 Å². The van der Waals surface area contributed by atoms with E-state index in [4.69, 9.17) is 28.4 Å². The monoisotopic (exact) mass is 722 g/mol. The second-order valence-corrected chi connectivity index (χ2v) is 14.0. The number of carbonyl (C=O) groups is 4. The topological polar surface area (TPSA) is 124 Å². The molecule has 0 aliphatic heterocycles. The zero-order chi connectivity index (χ0) is 38.8. The fourth-order valence-corrected chi connectivity index (χ4v) is 6.03. The van der Waals surface area contributed by atoms with Crippen molar-refractivity contribution in [1.29, 1.82) is 0 Å². The van der Waals surface area contributed by atoms with Crippen LogP contribution in [0.3, 0.4) is 0 Å². The molecule has 1 aliphatic rings. The van der Waals surface area contributed by atoms with Crippen LogP contribution in [0.2, 0.25) is 0 Å². The first-order chi connectivity index (χ1) is 24.5. The summed E-state index contributed by atoms with van der Waals surface area (Å²) in [5.41, 5.74) is 6.76. The molecule has 0 bridgehead atoms. The summed E-state index contributed by atoms with van der Waals surface area (Å²) in [6.07, 6.45) is 12.1. The lowest BCUT2D eigenvalue weighted by Crippen LogP contribution is -2.47. The smallest absolute Gasteiger partial charge is 0.303 e. The van der Waals surface area contributed by atoms with Gasteiger partial charge in [0.2, 0.25) is 6.29 Å². The molecular weight excluding hydrogens is 664 g/mol. The third-order valence-electron chi connectivity index (χ3n) is 8.56. The van der Waals surface area contributed by atoms with Gasteiger partial charge in [-0.2, -0.15) is 0 Å². The lowest BCUT2D eigenvalue weighted by atomic mass is 9.72. The van der Waals surface area contributed by atoms with E-state index in [1.807, 2.05) is 49.4 Å². The van der Waals surface area contributed by atoms with Crippen LogP contribution in [0.5, 0.6) is 0 Å². The molecule has 0 spiro atoms. The fourth-order valence-electron chi connectivity index (χ4n) is 6.03. The van der Waals surface area contributed by atoms with E-state index in [0.29, 0.717) is 0 Å². The van der Waals surface area contributed by atoms with E-state index in [0.717, 1.165) is 28.7 Å². The summed E-state index contributed by atoms with van der Waals surface area (Å²) in [5, 5.41) is 0. The highest BCUT2D eigenvalue weighted by molar-refractivity contribution is 5.92. The van der Waals surface area contributed by atoms with Gasteiger partial charge >= 0.3 is 17.9 Å². The quantitative estimate of drug-likeness (QED) is 0.0436. The van der Waals surface area contributed by atoms with Crippen LogP contribution >= 0.6 is 0 Å². The Labute approximate surface area is 309 Å². The Kier molecular flexibility index (Phi) is 18.7. The summed E-state index contributed by atoms with van der Waals surface area (Å²) >= 11 is 0. The van der Waals surface area contributed by atoms with Gasteiger partial charge in [-0.1, -0.05) is 79.6 Å². The molecule has 0 saturated carbocycles. The van der Waals surface area contributed by atoms with Crippen molar-refractivity contribution in [3.8, 4) is 0 Å². The van der Waals surface area contributed by atoms with Crippen LogP contribution < -0.4 is 0 Å². The predicted molar refractivity (Wildman–Crippen MR) is 200 cm³/mol. The molecule has 52 heavy (non-hydrogen) atoms. The number of benzene rings is 1. The highest BCUT2D eigenvalue weighted by Crippen LogP contribution is 2.40. The van der Waals surface area contributed by atoms with Crippen molar-refractivity contribution >= 4 is 23.7 Å². The average Bonchev–Trinajstić information content (AvgIpc) is 3.04. The Balaban J connectivity index is 2.11. The van der Waals surface area contributed by atoms with Gasteiger partial charge < -0.3 is 28.4 Å². The second kappa shape index (κ2) is 22.1. The number of hydrogen-bond acceptors (Lipinski definition) is 10. The molecule has 2 unspecified atom stereocenters. The number of allylic oxidation sites excluding steroid dienone is 10. The Bertz CT molecular complexity index is 1510. The molecule has 10 heteroatoms. The number of ketones is 1. The molecule has 0 N–H and O–H groups in total. The third-order valence-corrected chi connectivity index (χ3v) is 8.56. The summed E-state index contributed by atoms with van der Waals surface area (Å²) in [6, 6.07) is 7.46. The zero-order valence-corrected chi connectivity index (χ0v) is 32.6. The molecule has 0 radical (unpaired) electrons. The van der Waals surface area contributed by atoms with Gasteiger partial charge in [-0.05, 0) is 80.7 Å². The third kappa shape index (κ3) is 16.5. The van der Waals surface area contributed by atoms with Crippen LogP contribution in [-0.4, -0.2) is 68.8 Å². The SMILES string of the molecule is COCOC(O[C@H](COC(C)=O)Cc1ccc(CC(=O)/C=C(C)/C=C/C=C(C)/C=C/C2=C(C)CCCC2(C)C)cc1)[C@@H](OC(C)=O)C(C)OC(C)=O. The van der Waals surface area contributed by atoms with Gasteiger partial charge in [0.25, 0.3) is 0 Å². The highest BCUT2D eigenvalue weighted by Gasteiger charge is 2.36. The van der Waals surface area contributed by atoms with E-state index in [1.54, 1.807) is 13.0 Å². The highest BCUT2D eigenvalue weighted by atomic mass is 16.8. The fraction of sp³-hybridized carbons (Fsp3) is 0.524. The molecule has 0 fully saturated rings. The first-order valence-electron chi connectivity index (χ1n) is 17.8. The van der Waals surface area contributed by atoms with Crippen molar-refractivity contribution in [2.24, 2.45) is 5.41 Å². The Morgan fingerprint density at radius 3 is 2.13 bits per heavy atom. The van der Waals surface area contributed by atoms with Crippen molar-refractivity contribution in [2.45, 2.75) is 119 Å². The molecule has 286 valence electrons. The average molecular weight is 723 g/mol. The first kappa shape index (κ1) is 44.0. The van der Waals surface area contributed by atoms with Crippen molar-refractivity contribution in [3.05, 3.63) is 94.1 Å². The van der Waals surface area contributed by atoms with Gasteiger partial charge in [-0.3, -0.25) is 19.2 Å². The number of esters is 3. The molecule has 0 saturated heterocycles. The first-order valence-corrected chi connectivity index (χ1v) is 17.8. The summed E-state index contributed by atoms with van der Waals surface area (Å²) in [7, 11) is 1.42. The molecule has 0 heterocycles. The molecule has 0 aromatic heterocycles. The van der Waals surface area contributed by atoms with Gasteiger partial charge in [-0.15, -0.1) is 0 Å². The number of ether oxygens (including phenoxy) is 6. The number of hydrogen-bond donors (Lipinski definition) is 0. The summed E-state index contributed by atoms with van der Waals surface area (Å²) in [4.78, 5) is 48.1. The van der Waals surface area contributed by atoms with Gasteiger partial charge in [0.05, 0.1) is 6.10 Å². The molecule has 4 atom stereocenters. The molecule has 2 rings (SSSR count). The molecule has 1 aromatic carbocycles. The lowest BCUT2D eigenvalue weighted by molar-refractivity contribution is -0.267. The zero-order valence-electron chi connectivity index (χ0n) is 32.6. The minimum atomic E-state index is -1.23. The van der Waals surface area contributed by atoms with E-state index in [9.17, 15) is 19.2 Å². The van der Waals surface area contributed by atoms with E-state index < -0.39 is 42.5 Å². The van der Waals surface area contributed by atoms with Gasteiger partial charge in [0.1, 0.15) is 19.5 Å². The molecule has 10 nitrogen and oxygen atoms in total. The van der Waals surface area contributed by atoms with E-state index in [2.05, 4.69) is 39.8 Å². The van der Waals surface area contributed by atoms with Crippen LogP contribution in [0.25, 0.3) is 0 Å². The van der Waals surface area contributed by atoms with Crippen LogP contribution in [0.4, 0.5) is 0 Å². The number of carbonyl (C=O) groups excluding carboxylic acids is 4. The molecule has 1 aliphatic carbocycles. The Morgan fingerprint density at radius 1 is 0.885 bits per heavy atom. The van der Waals surface area contributed by atoms with Crippen LogP contribution in [-0.2, 0) is 60.4 Å². The Morgan fingerprint density at radius 2 is 1.54 bits per heavy atom. The molecule has 1 aromatic rings. The maximum Gasteiger partial charge on any atom is 0.303 e. The molecular formula is C42H58O10. The second-order valence-electron chi connectivity index (χ2n) is 14.0. The normalized spacial score (nSPS) is 17.5. The summed E-state index contributed by atoms with van der Waals surface area (Å²) < 4.78 is 32.9. The minimum Gasteiger partial charge on any atom is -0.463 e. The van der Waals surface area contributed by atoms with E-state index >= 15 is 0 Å². The summed E-state index contributed by atoms with van der Waals surface area (Å²) in [5.74, 6) is -1.74. The van der Waals surface area contributed by atoms with Gasteiger partial charge in [0.15, 0.2) is 11.9 Å². The minimum absolute atomic E-state index is 0.0231. The van der Waals surface area contributed by atoms with Gasteiger partial charge in [-0.25, -0.2) is 0 Å². The Hall–Kier alpha value is -4.12. The predicted octanol–water partition coefficient (Wildman–Crippen LogP) is 7.65. The number of methoxy groups -OCH3 is 1. The number of rotatable bonds is 20. The van der Waals surface area contributed by atoms with E-state index in [-0.39, 0.29) is 37.4 Å². The van der Waals surface area contributed by atoms with Crippen molar-refractivity contribution in [1.82, 2.24) is 0 Å². The van der Waals surface area contributed by atoms with Crippen molar-refractivity contribution < 1.29 is 47.6 Å². The van der Waals surface area contributed by atoms with Crippen molar-refractivity contribution in [2.75, 3.05) is 20.5 Å². The standard InChI is InChI=1S/C42H58O10/c1-28(16-21-39-30(3)15-12-22-42(39,8)9)13-11-14-29(2)23-37(46)24-35-17-19-36(20-18-35)25-38(26-48-32(5)43)52-41(49-27-47-10)40(51-34(7)45)31(4)50-33(6)44/h11,13-14,16-21,23,31,38,40-41H,12,15,22,24-27H2,1-10H3/b14-11+,21-16+,28-13+,29-23+/t31?,38-,40-,41?/m0/s1. The van der Waals surface area contributed by atoms with Crippen molar-refractivity contribution in [3.63, 3.8) is 0 Å². The largest absolute Gasteiger partial charge is 0.463 e. The van der Waals surface area contributed by atoms with Crippen LogP contribution in [0.15, 0.2) is 83.0 Å². The lowest BCUT2D eigenvalue weighted by Gasteiger charge is -2.32. The molecule has 0 amide bonds. The summed E-state index contributed by atoms with van der Waals surface area (Å²) in [6.45, 7) is 15.8.